The van der Waals surface area contributed by atoms with Gasteiger partial charge in [0.1, 0.15) is 0 Å². The number of aromatic nitrogens is 2. The van der Waals surface area contributed by atoms with Crippen LogP contribution in [0, 0.1) is 6.92 Å². The second-order valence-corrected chi connectivity index (χ2v) is 8.78. The van der Waals surface area contributed by atoms with Crippen LogP contribution in [0.3, 0.4) is 0 Å². The highest BCUT2D eigenvalue weighted by atomic mass is 16.1. The molecule has 5 heteroatoms. The number of carbonyl (C=O) groups excluding carboxylic acids is 1. The lowest BCUT2D eigenvalue weighted by atomic mass is 9.94. The smallest absolute Gasteiger partial charge is 0.228 e. The highest BCUT2D eigenvalue weighted by Crippen LogP contribution is 2.23. The van der Waals surface area contributed by atoms with E-state index in [2.05, 4.69) is 27.9 Å². The largest absolute Gasteiger partial charge is 0.365 e. The summed E-state index contributed by atoms with van der Waals surface area (Å²) < 4.78 is 0. The van der Waals surface area contributed by atoms with E-state index in [4.69, 9.17) is 5.73 Å². The maximum absolute atomic E-state index is 12.4. The van der Waals surface area contributed by atoms with Crippen LogP contribution in [0.2, 0.25) is 0 Å². The molecule has 0 aliphatic heterocycles. The fourth-order valence-corrected chi connectivity index (χ4v) is 3.43. The van der Waals surface area contributed by atoms with Crippen molar-refractivity contribution in [1.82, 2.24) is 15.3 Å². The number of hydrogen-bond acceptors (Lipinski definition) is 3. The number of allylic oxidation sites excluding steroid dienone is 3. The van der Waals surface area contributed by atoms with Gasteiger partial charge in [-0.1, -0.05) is 36.9 Å². The number of benzene rings is 1. The van der Waals surface area contributed by atoms with Gasteiger partial charge in [-0.05, 0) is 85.4 Å². The van der Waals surface area contributed by atoms with Crippen molar-refractivity contribution >= 4 is 23.1 Å². The fourth-order valence-electron chi connectivity index (χ4n) is 3.43. The summed E-state index contributed by atoms with van der Waals surface area (Å²) in [6, 6.07) is 13.8. The van der Waals surface area contributed by atoms with Crippen LogP contribution in [0.15, 0.2) is 73.7 Å². The van der Waals surface area contributed by atoms with Gasteiger partial charge in [0.15, 0.2) is 0 Å². The highest BCUT2D eigenvalue weighted by Gasteiger charge is 2.13. The summed E-state index contributed by atoms with van der Waals surface area (Å²) in [6.45, 7) is 11.8. The van der Waals surface area contributed by atoms with Crippen LogP contribution in [-0.2, 0) is 16.8 Å². The van der Waals surface area contributed by atoms with Crippen molar-refractivity contribution < 1.29 is 4.79 Å². The fraction of sp³-hybridized carbons (Fsp3) is 0.214. The number of carbonyl (C=O) groups is 1. The summed E-state index contributed by atoms with van der Waals surface area (Å²) >= 11 is 0. The van der Waals surface area contributed by atoms with Crippen LogP contribution in [0.5, 0.6) is 0 Å². The number of hydrogen-bond donors (Lipinski definition) is 3. The number of nitrogens with one attached hydrogen (secondary N) is 2. The molecule has 2 heterocycles. The Labute approximate surface area is 196 Å². The molecule has 2 aromatic heterocycles. The third-order valence-corrected chi connectivity index (χ3v) is 5.54. The zero-order chi connectivity index (χ0) is 24.0. The molecule has 0 aliphatic rings. The lowest BCUT2D eigenvalue weighted by Crippen LogP contribution is -2.28. The number of amides is 1. The summed E-state index contributed by atoms with van der Waals surface area (Å²) in [7, 11) is 0. The Morgan fingerprint density at radius 1 is 1.21 bits per heavy atom. The summed E-state index contributed by atoms with van der Waals surface area (Å²) in [4.78, 5) is 20.1. The number of nitrogens with zero attached hydrogens (tertiary/aromatic N) is 1. The maximum Gasteiger partial charge on any atom is 0.228 e. The van der Waals surface area contributed by atoms with E-state index in [-0.39, 0.29) is 5.91 Å². The van der Waals surface area contributed by atoms with Crippen LogP contribution in [0.4, 0.5) is 0 Å². The summed E-state index contributed by atoms with van der Waals surface area (Å²) in [5, 5.41) is 2.88. The van der Waals surface area contributed by atoms with E-state index in [9.17, 15) is 4.79 Å². The van der Waals surface area contributed by atoms with Crippen molar-refractivity contribution in [3.05, 3.63) is 107 Å². The zero-order valence-corrected chi connectivity index (χ0v) is 19.8. The van der Waals surface area contributed by atoms with Crippen LogP contribution < -0.4 is 11.1 Å². The van der Waals surface area contributed by atoms with Gasteiger partial charge >= 0.3 is 0 Å². The van der Waals surface area contributed by atoms with Crippen molar-refractivity contribution in [3.63, 3.8) is 0 Å². The first-order valence-corrected chi connectivity index (χ1v) is 11.0. The summed E-state index contributed by atoms with van der Waals surface area (Å²) in [5.74, 6) is -0.0835. The molecule has 0 saturated carbocycles. The Kier molecular flexibility index (Phi) is 7.46. The molecular formula is C28H32N4O. The second kappa shape index (κ2) is 10.3. The molecular weight excluding hydrogens is 408 g/mol. The number of rotatable bonds is 8. The maximum atomic E-state index is 12.4. The number of H-pyrrole nitrogens is 1. The van der Waals surface area contributed by atoms with Gasteiger partial charge in [0.05, 0.1) is 12.1 Å². The average Bonchev–Trinajstić information content (AvgIpc) is 3.20. The Morgan fingerprint density at radius 2 is 1.94 bits per heavy atom. The average molecular weight is 441 g/mol. The normalized spacial score (nSPS) is 12.5. The molecule has 3 aromatic rings. The molecule has 0 atom stereocenters. The Balaban J connectivity index is 1.69. The van der Waals surface area contributed by atoms with Crippen LogP contribution >= 0.6 is 0 Å². The molecule has 5 nitrogen and oxygen atoms in total. The molecule has 0 aliphatic carbocycles. The van der Waals surface area contributed by atoms with Gasteiger partial charge in [-0.2, -0.15) is 0 Å². The molecule has 0 bridgehead atoms. The van der Waals surface area contributed by atoms with E-state index in [0.717, 1.165) is 44.8 Å². The molecule has 0 radical (unpaired) electrons. The molecule has 4 N–H and O–H groups in total. The molecule has 170 valence electrons. The van der Waals surface area contributed by atoms with Crippen LogP contribution in [0.1, 0.15) is 54.4 Å². The first kappa shape index (κ1) is 24.0. The van der Waals surface area contributed by atoms with Crippen molar-refractivity contribution in [3.8, 4) is 0 Å². The van der Waals surface area contributed by atoms with Gasteiger partial charge in [0, 0.05) is 29.8 Å². The Morgan fingerprint density at radius 3 is 2.55 bits per heavy atom. The predicted molar refractivity (Wildman–Crippen MR) is 137 cm³/mol. The zero-order valence-electron chi connectivity index (χ0n) is 19.8. The van der Waals surface area contributed by atoms with E-state index in [1.165, 1.54) is 0 Å². The van der Waals surface area contributed by atoms with Gasteiger partial charge in [0.25, 0.3) is 0 Å². The molecule has 0 fully saturated rings. The molecule has 3 rings (SSSR count). The predicted octanol–water partition coefficient (Wildman–Crippen LogP) is 5.36. The SMILES string of the molecule is C=C/C(=C\c1cc[nH]c1C)c1ccnc(/C(C)=C/NC(=O)Cc2ccc(C(C)(C)N)cc2)c1. The minimum atomic E-state index is -0.400. The molecule has 1 aromatic carbocycles. The lowest BCUT2D eigenvalue weighted by molar-refractivity contribution is -0.119. The molecule has 33 heavy (non-hydrogen) atoms. The molecule has 0 saturated heterocycles. The van der Waals surface area contributed by atoms with Gasteiger partial charge in [-0.3, -0.25) is 9.78 Å². The van der Waals surface area contributed by atoms with Crippen LogP contribution in [0.25, 0.3) is 17.2 Å². The molecule has 0 unspecified atom stereocenters. The monoisotopic (exact) mass is 440 g/mol. The number of pyridine rings is 1. The Bertz CT molecular complexity index is 1190. The lowest BCUT2D eigenvalue weighted by Gasteiger charge is -2.19. The quantitative estimate of drug-likeness (QED) is 0.412. The van der Waals surface area contributed by atoms with E-state index >= 15 is 0 Å². The van der Waals surface area contributed by atoms with Gasteiger partial charge in [-0.15, -0.1) is 0 Å². The standard InChI is InChI=1S/C28H32N4O/c1-6-22(16-23-11-13-30-20(23)3)24-12-14-31-26(17-24)19(2)18-32-27(33)15-21-7-9-25(10-8-21)28(4,5)29/h6-14,16-18,30H,1,15,29H2,2-5H3,(H,32,33)/b19-18+,22-16+. The van der Waals surface area contributed by atoms with E-state index in [0.29, 0.717) is 6.42 Å². The third kappa shape index (κ3) is 6.40. The van der Waals surface area contributed by atoms with Crippen molar-refractivity contribution in [2.24, 2.45) is 5.73 Å². The van der Waals surface area contributed by atoms with Gasteiger partial charge < -0.3 is 16.0 Å². The van der Waals surface area contributed by atoms with Crippen molar-refractivity contribution in [2.75, 3.05) is 0 Å². The molecule has 0 spiro atoms. The summed E-state index contributed by atoms with van der Waals surface area (Å²) in [5.41, 5.74) is 13.6. The van der Waals surface area contributed by atoms with Crippen molar-refractivity contribution in [2.45, 2.75) is 39.7 Å². The van der Waals surface area contributed by atoms with E-state index in [1.54, 1.807) is 12.4 Å². The van der Waals surface area contributed by atoms with Gasteiger partial charge in [0.2, 0.25) is 5.91 Å². The first-order chi connectivity index (χ1) is 15.7. The summed E-state index contributed by atoms with van der Waals surface area (Å²) in [6.07, 6.45) is 9.62. The van der Waals surface area contributed by atoms with E-state index < -0.39 is 5.54 Å². The minimum Gasteiger partial charge on any atom is -0.365 e. The third-order valence-electron chi connectivity index (χ3n) is 5.54. The number of nitrogens with two attached hydrogens (primary N) is 1. The first-order valence-electron chi connectivity index (χ1n) is 11.0. The van der Waals surface area contributed by atoms with Crippen molar-refractivity contribution in [1.29, 1.82) is 0 Å². The topological polar surface area (TPSA) is 83.8 Å². The van der Waals surface area contributed by atoms with Gasteiger partial charge in [-0.25, -0.2) is 0 Å². The number of aromatic amines is 1. The van der Waals surface area contributed by atoms with Crippen LogP contribution in [-0.4, -0.2) is 15.9 Å². The highest BCUT2D eigenvalue weighted by molar-refractivity contribution is 5.88. The van der Waals surface area contributed by atoms with E-state index in [1.807, 2.05) is 82.4 Å². The second-order valence-electron chi connectivity index (χ2n) is 8.78. The minimum absolute atomic E-state index is 0.0835. The Hall–Kier alpha value is -3.70. The molecule has 1 amide bonds. The number of aryl methyl sites for hydroxylation is 1.